The van der Waals surface area contributed by atoms with E-state index in [-0.39, 0.29) is 17.9 Å². The molecule has 0 bridgehead atoms. The Bertz CT molecular complexity index is 439. The first-order valence-corrected chi connectivity index (χ1v) is 7.14. The van der Waals surface area contributed by atoms with Gasteiger partial charge in [0.05, 0.1) is 12.5 Å². The van der Waals surface area contributed by atoms with Gasteiger partial charge in [-0.1, -0.05) is 29.3 Å². The normalized spacial score (nSPS) is 20.3. The summed E-state index contributed by atoms with van der Waals surface area (Å²) in [6.45, 7) is 3.14. The van der Waals surface area contributed by atoms with Crippen molar-refractivity contribution in [1.29, 1.82) is 0 Å². The van der Waals surface area contributed by atoms with Crippen LogP contribution in [-0.2, 0) is 16.0 Å². The fraction of sp³-hybridized carbons (Fsp3) is 0.500. The number of amides is 1. The average Bonchev–Trinajstić information content (AvgIpc) is 2.88. The van der Waals surface area contributed by atoms with Crippen molar-refractivity contribution in [3.63, 3.8) is 0 Å². The predicted molar refractivity (Wildman–Crippen MR) is 76.7 cm³/mol. The molecule has 0 unspecified atom stereocenters. The molecule has 1 N–H and O–H groups in total. The number of rotatable bonds is 4. The Morgan fingerprint density at radius 3 is 2.74 bits per heavy atom. The third kappa shape index (κ3) is 3.85. The minimum Gasteiger partial charge on any atom is -0.381 e. The Balaban J connectivity index is 1.93. The molecule has 1 saturated heterocycles. The summed E-state index contributed by atoms with van der Waals surface area (Å²) < 4.78 is 5.21. The Labute approximate surface area is 123 Å². The number of carbonyl (C=O) groups is 1. The molecule has 0 saturated carbocycles. The largest absolute Gasteiger partial charge is 0.381 e. The van der Waals surface area contributed by atoms with E-state index in [1.807, 2.05) is 25.1 Å². The first-order valence-electron chi connectivity index (χ1n) is 6.39. The lowest BCUT2D eigenvalue weighted by Gasteiger charge is -2.17. The molecule has 1 heterocycles. The summed E-state index contributed by atoms with van der Waals surface area (Å²) >= 11 is 12.2. The molecule has 1 aromatic rings. The molecule has 0 spiro atoms. The van der Waals surface area contributed by atoms with Gasteiger partial charge in [0.2, 0.25) is 5.91 Å². The van der Waals surface area contributed by atoms with Gasteiger partial charge in [0.25, 0.3) is 0 Å². The van der Waals surface area contributed by atoms with Crippen LogP contribution < -0.4 is 5.32 Å². The molecular weight excluding hydrogens is 285 g/mol. The van der Waals surface area contributed by atoms with Crippen LogP contribution in [0.25, 0.3) is 0 Å². The van der Waals surface area contributed by atoms with E-state index in [9.17, 15) is 4.79 Å². The van der Waals surface area contributed by atoms with Crippen LogP contribution in [0.5, 0.6) is 0 Å². The van der Waals surface area contributed by atoms with E-state index >= 15 is 0 Å². The summed E-state index contributed by atoms with van der Waals surface area (Å²) in [5.74, 6) is 0.0253. The number of carbonyl (C=O) groups excluding carboxylic acids is 1. The van der Waals surface area contributed by atoms with Gasteiger partial charge >= 0.3 is 0 Å². The van der Waals surface area contributed by atoms with Gasteiger partial charge in [-0.2, -0.15) is 0 Å². The van der Waals surface area contributed by atoms with Crippen molar-refractivity contribution in [2.75, 3.05) is 13.2 Å². The first-order chi connectivity index (χ1) is 9.08. The van der Waals surface area contributed by atoms with Gasteiger partial charge in [0.1, 0.15) is 0 Å². The van der Waals surface area contributed by atoms with Gasteiger partial charge < -0.3 is 10.1 Å². The molecular formula is C14H17Cl2NO2. The second kappa shape index (κ2) is 6.60. The van der Waals surface area contributed by atoms with Crippen molar-refractivity contribution in [3.8, 4) is 0 Å². The van der Waals surface area contributed by atoms with Gasteiger partial charge in [-0.05, 0) is 37.5 Å². The highest BCUT2D eigenvalue weighted by Gasteiger charge is 2.24. The quantitative estimate of drug-likeness (QED) is 0.928. The maximum Gasteiger partial charge on any atom is 0.225 e. The van der Waals surface area contributed by atoms with E-state index in [1.165, 1.54) is 0 Å². The highest BCUT2D eigenvalue weighted by molar-refractivity contribution is 6.36. The van der Waals surface area contributed by atoms with Crippen molar-refractivity contribution in [2.45, 2.75) is 25.8 Å². The van der Waals surface area contributed by atoms with Crippen molar-refractivity contribution in [2.24, 2.45) is 5.92 Å². The lowest BCUT2D eigenvalue weighted by Crippen LogP contribution is -2.38. The number of ether oxygens (including phenoxy) is 1. The molecule has 2 atom stereocenters. The van der Waals surface area contributed by atoms with Crippen molar-refractivity contribution in [1.82, 2.24) is 5.32 Å². The molecule has 2 rings (SSSR count). The minimum absolute atomic E-state index is 0.00880. The van der Waals surface area contributed by atoms with E-state index in [0.29, 0.717) is 29.7 Å². The highest BCUT2D eigenvalue weighted by atomic mass is 35.5. The number of nitrogens with one attached hydrogen (secondary N) is 1. The summed E-state index contributed by atoms with van der Waals surface area (Å²) in [7, 11) is 0. The predicted octanol–water partition coefficient (Wildman–Crippen LogP) is 3.08. The second-order valence-corrected chi connectivity index (χ2v) is 5.69. The average molecular weight is 302 g/mol. The fourth-order valence-corrected chi connectivity index (χ4v) is 2.74. The Kier molecular flexibility index (Phi) is 5.08. The van der Waals surface area contributed by atoms with Gasteiger partial charge in [0.15, 0.2) is 0 Å². The van der Waals surface area contributed by atoms with Crippen LogP contribution in [0.4, 0.5) is 0 Å². The summed E-state index contributed by atoms with van der Waals surface area (Å²) in [6, 6.07) is 5.42. The zero-order valence-corrected chi connectivity index (χ0v) is 12.3. The molecule has 1 aromatic carbocycles. The van der Waals surface area contributed by atoms with Crippen molar-refractivity contribution < 1.29 is 9.53 Å². The number of hydrogen-bond donors (Lipinski definition) is 1. The van der Waals surface area contributed by atoms with Gasteiger partial charge in [-0.3, -0.25) is 4.79 Å². The van der Waals surface area contributed by atoms with Crippen LogP contribution in [0.3, 0.4) is 0 Å². The maximum atomic E-state index is 12.0. The highest BCUT2D eigenvalue weighted by Crippen LogP contribution is 2.25. The molecule has 104 valence electrons. The summed E-state index contributed by atoms with van der Waals surface area (Å²) in [4.78, 5) is 12.0. The zero-order valence-electron chi connectivity index (χ0n) is 10.8. The standard InChI is InChI=1S/C14H17Cl2NO2/c1-9(17-14(18)10-5-6-19-8-10)7-11-12(15)3-2-4-13(11)16/h2-4,9-10H,5-8H2,1H3,(H,17,18)/t9-,10-/m0/s1. The third-order valence-electron chi connectivity index (χ3n) is 3.26. The molecule has 1 amide bonds. The van der Waals surface area contributed by atoms with Crippen molar-refractivity contribution in [3.05, 3.63) is 33.8 Å². The van der Waals surface area contributed by atoms with Crippen LogP contribution in [0.1, 0.15) is 18.9 Å². The fourth-order valence-electron chi connectivity index (χ4n) is 2.19. The van der Waals surface area contributed by atoms with Gasteiger partial charge in [-0.15, -0.1) is 0 Å². The van der Waals surface area contributed by atoms with Crippen LogP contribution >= 0.6 is 23.2 Å². The third-order valence-corrected chi connectivity index (χ3v) is 3.97. The molecule has 19 heavy (non-hydrogen) atoms. The molecule has 1 aliphatic rings. The summed E-state index contributed by atoms with van der Waals surface area (Å²) in [5.41, 5.74) is 0.876. The Hall–Kier alpha value is -0.770. The number of hydrogen-bond acceptors (Lipinski definition) is 2. The lowest BCUT2D eigenvalue weighted by molar-refractivity contribution is -0.125. The zero-order chi connectivity index (χ0) is 13.8. The van der Waals surface area contributed by atoms with E-state index in [4.69, 9.17) is 27.9 Å². The maximum absolute atomic E-state index is 12.0. The molecule has 0 aliphatic carbocycles. The van der Waals surface area contributed by atoms with Crippen molar-refractivity contribution >= 4 is 29.1 Å². The SMILES string of the molecule is C[C@@H](Cc1c(Cl)cccc1Cl)NC(=O)[C@H]1CCOC1. The van der Waals surface area contributed by atoms with Crippen LogP contribution in [0.2, 0.25) is 10.0 Å². The van der Waals surface area contributed by atoms with Crippen LogP contribution in [0.15, 0.2) is 18.2 Å². The number of benzene rings is 1. The van der Waals surface area contributed by atoms with E-state index in [1.54, 1.807) is 0 Å². The summed E-state index contributed by atoms with van der Waals surface area (Å²) in [6.07, 6.45) is 1.42. The molecule has 3 nitrogen and oxygen atoms in total. The van der Waals surface area contributed by atoms with E-state index < -0.39 is 0 Å². The Morgan fingerprint density at radius 1 is 1.47 bits per heavy atom. The molecule has 1 aliphatic heterocycles. The number of halogens is 2. The molecule has 5 heteroatoms. The minimum atomic E-state index is -0.0239. The second-order valence-electron chi connectivity index (χ2n) is 4.87. The van der Waals surface area contributed by atoms with Crippen LogP contribution in [0, 0.1) is 5.92 Å². The monoisotopic (exact) mass is 301 g/mol. The topological polar surface area (TPSA) is 38.3 Å². The molecule has 1 fully saturated rings. The van der Waals surface area contributed by atoms with Gasteiger partial charge in [0, 0.05) is 22.7 Å². The van der Waals surface area contributed by atoms with E-state index in [2.05, 4.69) is 5.32 Å². The summed E-state index contributed by atoms with van der Waals surface area (Å²) in [5, 5.41) is 4.26. The van der Waals surface area contributed by atoms with E-state index in [0.717, 1.165) is 12.0 Å². The van der Waals surface area contributed by atoms with Crippen LogP contribution in [-0.4, -0.2) is 25.2 Å². The van der Waals surface area contributed by atoms with Gasteiger partial charge in [-0.25, -0.2) is 0 Å². The molecule has 0 aromatic heterocycles. The lowest BCUT2D eigenvalue weighted by atomic mass is 10.0. The smallest absolute Gasteiger partial charge is 0.225 e. The Morgan fingerprint density at radius 2 is 2.16 bits per heavy atom. The first kappa shape index (κ1) is 14.6. The molecule has 0 radical (unpaired) electrons.